The van der Waals surface area contributed by atoms with Crippen molar-refractivity contribution in [3.63, 3.8) is 0 Å². The Morgan fingerprint density at radius 2 is 2.53 bits per heavy atom. The quantitative estimate of drug-likeness (QED) is 0.599. The molecular weight excluding hydrogens is 203 g/mol. The molecule has 4 heteroatoms. The van der Waals surface area contributed by atoms with Crippen molar-refractivity contribution in [1.82, 2.24) is 4.81 Å². The Hall–Kier alpha value is -1.34. The van der Waals surface area contributed by atoms with Gasteiger partial charge in [0.05, 0.1) is 17.1 Å². The van der Waals surface area contributed by atoms with Crippen LogP contribution in [-0.2, 0) is 0 Å². The molecule has 0 aliphatic rings. The molecule has 0 aliphatic carbocycles. The van der Waals surface area contributed by atoms with Gasteiger partial charge in [-0.3, -0.25) is 0 Å². The number of hydrogen-bond acceptors (Lipinski definition) is 3. The van der Waals surface area contributed by atoms with Gasteiger partial charge in [0, 0.05) is 12.2 Å². The van der Waals surface area contributed by atoms with Gasteiger partial charge in [-0.15, -0.1) is 17.8 Å². The van der Waals surface area contributed by atoms with E-state index in [1.54, 1.807) is 16.1 Å². The van der Waals surface area contributed by atoms with E-state index in [2.05, 4.69) is 17.8 Å². The van der Waals surface area contributed by atoms with Crippen molar-refractivity contribution >= 4 is 30.7 Å². The number of terminal acetylenes is 1. The highest BCUT2D eigenvalue weighted by Gasteiger charge is 2.09. The summed E-state index contributed by atoms with van der Waals surface area (Å²) in [5, 5.41) is 5.12. The first-order valence-corrected chi connectivity index (χ1v) is 5.55. The molecule has 0 saturated heterocycles. The maximum Gasteiger partial charge on any atom is 0.226 e. The molecule has 0 saturated carbocycles. The van der Waals surface area contributed by atoms with E-state index in [1.807, 2.05) is 18.4 Å². The minimum absolute atomic E-state index is 0.508. The van der Waals surface area contributed by atoms with Gasteiger partial charge >= 0.3 is 0 Å². The highest BCUT2D eigenvalue weighted by molar-refractivity contribution is 7.11. The van der Waals surface area contributed by atoms with Crippen LogP contribution in [0.5, 0.6) is 0 Å². The summed E-state index contributed by atoms with van der Waals surface area (Å²) in [7, 11) is 5.78. The summed E-state index contributed by atoms with van der Waals surface area (Å²) < 4.78 is 0. The number of rotatable bonds is 5. The van der Waals surface area contributed by atoms with E-state index in [0.29, 0.717) is 6.54 Å². The van der Waals surface area contributed by atoms with Gasteiger partial charge < -0.3 is 10.1 Å². The van der Waals surface area contributed by atoms with Crippen molar-refractivity contribution < 1.29 is 0 Å². The van der Waals surface area contributed by atoms with E-state index in [1.165, 1.54) is 0 Å². The van der Waals surface area contributed by atoms with E-state index in [0.717, 1.165) is 22.8 Å². The largest absolute Gasteiger partial charge is 0.424 e. The highest BCUT2D eigenvalue weighted by atomic mass is 32.1. The van der Waals surface area contributed by atoms with Gasteiger partial charge in [0.25, 0.3) is 0 Å². The SMILES string of the molecule is [B]N(CC)C(=C)c1sccc1NCC#C. The fourth-order valence-electron chi connectivity index (χ4n) is 1.14. The Balaban J connectivity index is 2.81. The second kappa shape index (κ2) is 5.52. The van der Waals surface area contributed by atoms with Crippen molar-refractivity contribution in [2.75, 3.05) is 18.4 Å². The predicted molar refractivity (Wildman–Crippen MR) is 68.8 cm³/mol. The molecule has 2 nitrogen and oxygen atoms in total. The number of nitrogens with zero attached hydrogens (tertiary/aromatic N) is 1. The van der Waals surface area contributed by atoms with Crippen LogP contribution in [0.2, 0.25) is 0 Å². The summed E-state index contributed by atoms with van der Waals surface area (Å²) in [6.07, 6.45) is 5.19. The van der Waals surface area contributed by atoms with Gasteiger partial charge in [-0.2, -0.15) is 0 Å². The lowest BCUT2D eigenvalue weighted by molar-refractivity contribution is 0.668. The van der Waals surface area contributed by atoms with Crippen molar-refractivity contribution in [3.8, 4) is 12.3 Å². The van der Waals surface area contributed by atoms with Gasteiger partial charge in [0.1, 0.15) is 0 Å². The summed E-state index contributed by atoms with van der Waals surface area (Å²) in [6.45, 7) is 7.17. The monoisotopic (exact) mass is 216 g/mol. The zero-order valence-electron chi connectivity index (χ0n) is 8.79. The maximum absolute atomic E-state index is 5.78. The molecule has 0 spiro atoms. The summed E-state index contributed by atoms with van der Waals surface area (Å²) in [5.74, 6) is 2.53. The van der Waals surface area contributed by atoms with Crippen molar-refractivity contribution in [2.24, 2.45) is 0 Å². The van der Waals surface area contributed by atoms with Crippen LogP contribution in [0.1, 0.15) is 11.8 Å². The van der Waals surface area contributed by atoms with Crippen LogP contribution < -0.4 is 5.32 Å². The Labute approximate surface area is 96.4 Å². The minimum atomic E-state index is 0.508. The summed E-state index contributed by atoms with van der Waals surface area (Å²) in [4.78, 5) is 2.65. The summed E-state index contributed by atoms with van der Waals surface area (Å²) in [5.41, 5.74) is 1.80. The maximum atomic E-state index is 5.78. The molecule has 0 aliphatic heterocycles. The van der Waals surface area contributed by atoms with Gasteiger partial charge in [-0.05, 0) is 18.4 Å². The Morgan fingerprint density at radius 1 is 1.80 bits per heavy atom. The van der Waals surface area contributed by atoms with Crippen LogP contribution in [0.3, 0.4) is 0 Å². The van der Waals surface area contributed by atoms with Crippen LogP contribution in [0, 0.1) is 12.3 Å². The lowest BCUT2D eigenvalue weighted by Crippen LogP contribution is -2.17. The summed E-state index contributed by atoms with van der Waals surface area (Å²) in [6, 6.07) is 1.98. The van der Waals surface area contributed by atoms with Crippen LogP contribution in [0.4, 0.5) is 5.69 Å². The lowest BCUT2D eigenvalue weighted by atomic mass is 10.2. The molecular formula is C11H13BN2S. The molecule has 1 heterocycles. The smallest absolute Gasteiger partial charge is 0.226 e. The second-order valence-electron chi connectivity index (χ2n) is 2.95. The third-order valence-electron chi connectivity index (χ3n) is 2.00. The van der Waals surface area contributed by atoms with Crippen molar-refractivity contribution in [3.05, 3.63) is 22.9 Å². The average Bonchev–Trinajstić information content (AvgIpc) is 2.72. The molecule has 0 bridgehead atoms. The average molecular weight is 216 g/mol. The lowest BCUT2D eigenvalue weighted by Gasteiger charge is -2.20. The first-order valence-electron chi connectivity index (χ1n) is 4.67. The first kappa shape index (κ1) is 11.7. The van der Waals surface area contributed by atoms with E-state index >= 15 is 0 Å². The highest BCUT2D eigenvalue weighted by Crippen LogP contribution is 2.29. The molecule has 0 aromatic carbocycles. The number of hydrogen-bond donors (Lipinski definition) is 1. The normalized spacial score (nSPS) is 9.33. The van der Waals surface area contributed by atoms with Crippen molar-refractivity contribution in [2.45, 2.75) is 6.92 Å². The molecule has 1 N–H and O–H groups in total. The van der Waals surface area contributed by atoms with Crippen molar-refractivity contribution in [1.29, 1.82) is 0 Å². The van der Waals surface area contributed by atoms with Crippen LogP contribution >= 0.6 is 11.3 Å². The molecule has 0 amide bonds. The molecule has 0 atom stereocenters. The van der Waals surface area contributed by atoms with Gasteiger partial charge in [-0.1, -0.05) is 12.5 Å². The Morgan fingerprint density at radius 3 is 3.13 bits per heavy atom. The molecule has 15 heavy (non-hydrogen) atoms. The molecule has 1 rings (SSSR count). The third kappa shape index (κ3) is 2.80. The molecule has 1 aromatic heterocycles. The molecule has 76 valence electrons. The van der Waals surface area contributed by atoms with E-state index in [9.17, 15) is 0 Å². The van der Waals surface area contributed by atoms with Gasteiger partial charge in [-0.25, -0.2) is 0 Å². The topological polar surface area (TPSA) is 15.3 Å². The Kier molecular flexibility index (Phi) is 4.32. The van der Waals surface area contributed by atoms with E-state index < -0.39 is 0 Å². The zero-order valence-corrected chi connectivity index (χ0v) is 9.60. The second-order valence-corrected chi connectivity index (χ2v) is 3.87. The number of nitrogens with one attached hydrogen (secondary N) is 1. The van der Waals surface area contributed by atoms with Gasteiger partial charge in [0.15, 0.2) is 0 Å². The fourth-order valence-corrected chi connectivity index (χ4v) is 2.00. The van der Waals surface area contributed by atoms with E-state index in [-0.39, 0.29) is 0 Å². The van der Waals surface area contributed by atoms with Crippen LogP contribution in [0.25, 0.3) is 5.70 Å². The molecule has 0 fully saturated rings. The molecule has 0 unspecified atom stereocenters. The number of thiophene rings is 1. The molecule has 1 aromatic rings. The zero-order chi connectivity index (χ0) is 11.3. The van der Waals surface area contributed by atoms with Gasteiger partial charge in [0.2, 0.25) is 7.98 Å². The predicted octanol–water partition coefficient (Wildman–Crippen LogP) is 2.17. The minimum Gasteiger partial charge on any atom is -0.424 e. The summed E-state index contributed by atoms with van der Waals surface area (Å²) >= 11 is 1.60. The number of anilines is 1. The van der Waals surface area contributed by atoms with E-state index in [4.69, 9.17) is 14.4 Å². The fraction of sp³-hybridized carbons (Fsp3) is 0.273. The van der Waals surface area contributed by atoms with Crippen LogP contribution in [-0.4, -0.2) is 25.9 Å². The third-order valence-corrected chi connectivity index (χ3v) is 2.96. The Bertz CT molecular complexity index is 378. The standard InChI is InChI=1S/C11H13BN2S/c1-4-7-13-10-6-8-15-11(10)9(3)14(12)5-2/h1,6,8,13H,3,5,7H2,2H3. The van der Waals surface area contributed by atoms with Crippen LogP contribution in [0.15, 0.2) is 18.0 Å². The molecule has 2 radical (unpaired) electrons. The first-order chi connectivity index (χ1) is 7.20.